The Labute approximate surface area is 176 Å². The Kier molecular flexibility index (Phi) is 6.84. The summed E-state index contributed by atoms with van der Waals surface area (Å²) in [4.78, 5) is 5.35. The van der Waals surface area contributed by atoms with Gasteiger partial charge < -0.3 is 9.47 Å². The molecule has 1 aromatic heterocycles. The standard InChI is InChI=1S/C21H20BrN3O2S/c1-4-10-23-21-25(19(14-28-21)15-6-5-7-17(22)11-15)24-13-16-8-9-18(26-2)12-20(16)27-3/h4-9,11-14H,1,10H2,2-3H3. The van der Waals surface area contributed by atoms with E-state index in [0.29, 0.717) is 12.3 Å². The Morgan fingerprint density at radius 3 is 2.75 bits per heavy atom. The smallest absolute Gasteiger partial charge is 0.206 e. The lowest BCUT2D eigenvalue weighted by Gasteiger charge is -2.08. The number of methoxy groups -OCH3 is 2. The average Bonchev–Trinajstić information content (AvgIpc) is 3.13. The molecule has 0 aliphatic rings. The van der Waals surface area contributed by atoms with Crippen LogP contribution < -0.4 is 14.3 Å². The fourth-order valence-corrected chi connectivity index (χ4v) is 3.80. The molecule has 0 aliphatic carbocycles. The Bertz CT molecular complexity index is 1070. The van der Waals surface area contributed by atoms with E-state index < -0.39 is 0 Å². The maximum Gasteiger partial charge on any atom is 0.206 e. The molecule has 0 spiro atoms. The van der Waals surface area contributed by atoms with Crippen molar-refractivity contribution in [3.05, 3.63) is 75.3 Å². The van der Waals surface area contributed by atoms with E-state index in [-0.39, 0.29) is 0 Å². The van der Waals surface area contributed by atoms with Crippen LogP contribution in [0.25, 0.3) is 11.3 Å². The summed E-state index contributed by atoms with van der Waals surface area (Å²) in [5.74, 6) is 1.42. The fourth-order valence-electron chi connectivity index (χ4n) is 2.55. The maximum atomic E-state index is 5.46. The lowest BCUT2D eigenvalue weighted by atomic mass is 10.2. The zero-order valence-electron chi connectivity index (χ0n) is 15.6. The van der Waals surface area contributed by atoms with Crippen LogP contribution in [0.4, 0.5) is 0 Å². The molecule has 144 valence electrons. The second-order valence-corrected chi connectivity index (χ2v) is 7.46. The van der Waals surface area contributed by atoms with E-state index in [1.807, 2.05) is 46.5 Å². The highest BCUT2D eigenvalue weighted by atomic mass is 79.9. The average molecular weight is 458 g/mol. The quantitative estimate of drug-likeness (QED) is 0.371. The number of thiazole rings is 1. The SMILES string of the molecule is C=CCN=c1scc(-c2cccc(Br)c2)n1N=Cc1ccc(OC)cc1OC. The van der Waals surface area contributed by atoms with Crippen LogP contribution in [0.5, 0.6) is 11.5 Å². The molecule has 28 heavy (non-hydrogen) atoms. The number of benzene rings is 2. The van der Waals surface area contributed by atoms with E-state index in [9.17, 15) is 0 Å². The molecule has 5 nitrogen and oxygen atoms in total. The topological polar surface area (TPSA) is 48.1 Å². The number of hydrogen-bond acceptors (Lipinski definition) is 5. The molecule has 3 aromatic rings. The van der Waals surface area contributed by atoms with Crippen molar-refractivity contribution < 1.29 is 9.47 Å². The molecule has 7 heteroatoms. The van der Waals surface area contributed by atoms with Crippen molar-refractivity contribution in [2.45, 2.75) is 0 Å². The first kappa shape index (κ1) is 20.1. The molecule has 3 rings (SSSR count). The largest absolute Gasteiger partial charge is 0.497 e. The van der Waals surface area contributed by atoms with E-state index in [4.69, 9.17) is 14.6 Å². The molecule has 1 heterocycles. The van der Waals surface area contributed by atoms with Gasteiger partial charge >= 0.3 is 0 Å². The van der Waals surface area contributed by atoms with Gasteiger partial charge in [0.1, 0.15) is 11.5 Å². The lowest BCUT2D eigenvalue weighted by molar-refractivity contribution is 0.394. The first-order chi connectivity index (χ1) is 13.7. The predicted octanol–water partition coefficient (Wildman–Crippen LogP) is 4.97. The van der Waals surface area contributed by atoms with E-state index in [2.05, 4.69) is 33.6 Å². The number of nitrogens with zero attached hydrogens (tertiary/aromatic N) is 3. The number of ether oxygens (including phenoxy) is 2. The molecular formula is C21H20BrN3O2S. The molecule has 0 fully saturated rings. The van der Waals surface area contributed by atoms with Gasteiger partial charge in [-0.1, -0.05) is 34.1 Å². The van der Waals surface area contributed by atoms with Crippen molar-refractivity contribution in [1.82, 2.24) is 4.68 Å². The summed E-state index contributed by atoms with van der Waals surface area (Å²) in [5, 5.41) is 6.75. The summed E-state index contributed by atoms with van der Waals surface area (Å²) in [6.45, 7) is 4.27. The zero-order chi connectivity index (χ0) is 19.9. The van der Waals surface area contributed by atoms with Crippen LogP contribution in [0.2, 0.25) is 0 Å². The molecule has 0 amide bonds. The van der Waals surface area contributed by atoms with Gasteiger partial charge in [0.25, 0.3) is 0 Å². The summed E-state index contributed by atoms with van der Waals surface area (Å²) in [7, 11) is 3.25. The molecule has 0 atom stereocenters. The van der Waals surface area contributed by atoms with Gasteiger partial charge in [0.2, 0.25) is 4.80 Å². The second kappa shape index (κ2) is 9.52. The molecule has 0 N–H and O–H groups in total. The zero-order valence-corrected chi connectivity index (χ0v) is 18.0. The Balaban J connectivity index is 2.08. The molecule has 0 saturated carbocycles. The first-order valence-corrected chi connectivity index (χ1v) is 10.2. The van der Waals surface area contributed by atoms with Gasteiger partial charge in [-0.25, -0.2) is 4.68 Å². The third-order valence-electron chi connectivity index (χ3n) is 3.91. The van der Waals surface area contributed by atoms with Crippen molar-refractivity contribution >= 4 is 33.5 Å². The van der Waals surface area contributed by atoms with E-state index in [1.165, 1.54) is 11.3 Å². The molecule has 2 aromatic carbocycles. The maximum absolute atomic E-state index is 5.46. The van der Waals surface area contributed by atoms with Gasteiger partial charge in [0, 0.05) is 27.0 Å². The van der Waals surface area contributed by atoms with Gasteiger partial charge in [-0.15, -0.1) is 17.9 Å². The monoisotopic (exact) mass is 457 g/mol. The van der Waals surface area contributed by atoms with Gasteiger partial charge in [-0.05, 0) is 24.3 Å². The molecule has 0 bridgehead atoms. The van der Waals surface area contributed by atoms with Crippen LogP contribution in [0.3, 0.4) is 0 Å². The van der Waals surface area contributed by atoms with Crippen molar-refractivity contribution in [1.29, 1.82) is 0 Å². The minimum atomic E-state index is 0.528. The molecular weight excluding hydrogens is 438 g/mol. The minimum absolute atomic E-state index is 0.528. The van der Waals surface area contributed by atoms with Crippen LogP contribution in [0, 0.1) is 0 Å². The summed E-state index contributed by atoms with van der Waals surface area (Å²) in [6.07, 6.45) is 3.53. The number of aromatic nitrogens is 1. The number of rotatable bonds is 7. The number of hydrogen-bond donors (Lipinski definition) is 0. The van der Waals surface area contributed by atoms with Gasteiger partial charge in [-0.3, -0.25) is 4.99 Å². The van der Waals surface area contributed by atoms with Crippen molar-refractivity contribution in [3.63, 3.8) is 0 Å². The summed E-state index contributed by atoms with van der Waals surface area (Å²) >= 11 is 5.07. The highest BCUT2D eigenvalue weighted by molar-refractivity contribution is 9.10. The molecule has 0 saturated heterocycles. The van der Waals surface area contributed by atoms with E-state index in [0.717, 1.165) is 31.8 Å². The van der Waals surface area contributed by atoms with Crippen LogP contribution in [0.15, 0.2) is 75.1 Å². The Hall–Kier alpha value is -2.64. The lowest BCUT2D eigenvalue weighted by Crippen LogP contribution is -2.12. The first-order valence-electron chi connectivity index (χ1n) is 8.50. The van der Waals surface area contributed by atoms with Crippen LogP contribution in [-0.4, -0.2) is 31.7 Å². The van der Waals surface area contributed by atoms with Crippen LogP contribution >= 0.6 is 27.3 Å². The van der Waals surface area contributed by atoms with Gasteiger partial charge in [0.05, 0.1) is 32.7 Å². The van der Waals surface area contributed by atoms with Crippen molar-refractivity contribution in [2.24, 2.45) is 10.1 Å². The van der Waals surface area contributed by atoms with Crippen LogP contribution in [0.1, 0.15) is 5.56 Å². The molecule has 0 radical (unpaired) electrons. The number of halogens is 1. The molecule has 0 aliphatic heterocycles. The summed E-state index contributed by atoms with van der Waals surface area (Å²) in [5.41, 5.74) is 2.85. The second-order valence-electron chi connectivity index (χ2n) is 5.71. The minimum Gasteiger partial charge on any atom is -0.497 e. The highest BCUT2D eigenvalue weighted by Gasteiger charge is 2.09. The third-order valence-corrected chi connectivity index (χ3v) is 5.26. The van der Waals surface area contributed by atoms with Gasteiger partial charge in [0.15, 0.2) is 0 Å². The fraction of sp³-hybridized carbons (Fsp3) is 0.143. The normalized spacial score (nSPS) is 11.8. The highest BCUT2D eigenvalue weighted by Crippen LogP contribution is 2.25. The Morgan fingerprint density at radius 2 is 2.04 bits per heavy atom. The third kappa shape index (κ3) is 4.61. The van der Waals surface area contributed by atoms with Gasteiger partial charge in [-0.2, -0.15) is 5.10 Å². The van der Waals surface area contributed by atoms with Crippen molar-refractivity contribution in [3.8, 4) is 22.8 Å². The van der Waals surface area contributed by atoms with E-state index in [1.54, 1.807) is 26.5 Å². The van der Waals surface area contributed by atoms with E-state index >= 15 is 0 Å². The van der Waals surface area contributed by atoms with Crippen LogP contribution in [-0.2, 0) is 0 Å². The molecule has 0 unspecified atom stereocenters. The summed E-state index contributed by atoms with van der Waals surface area (Å²) in [6, 6.07) is 13.7. The predicted molar refractivity (Wildman–Crippen MR) is 119 cm³/mol. The van der Waals surface area contributed by atoms with Crippen molar-refractivity contribution in [2.75, 3.05) is 20.8 Å². The Morgan fingerprint density at radius 1 is 1.18 bits per heavy atom. The summed E-state index contributed by atoms with van der Waals surface area (Å²) < 4.78 is 13.6.